The number of carbonyl (C=O) groups excluding carboxylic acids is 1. The topological polar surface area (TPSA) is 49.3 Å². The minimum Gasteiger partial charge on any atom is -0.508 e. The van der Waals surface area contributed by atoms with Crippen LogP contribution in [0.15, 0.2) is 24.3 Å². The number of fused-ring (bicyclic) bond motifs is 1. The van der Waals surface area contributed by atoms with Gasteiger partial charge in [0, 0.05) is 13.5 Å². The average Bonchev–Trinajstić information content (AvgIpc) is 2.29. The maximum Gasteiger partial charge on any atom is 0.216 e. The molecule has 0 unspecified atom stereocenters. The second kappa shape index (κ2) is 5.04. The van der Waals surface area contributed by atoms with E-state index >= 15 is 0 Å². The monoisotopic (exact) mass is 231 g/mol. The number of phenols is 1. The zero-order chi connectivity index (χ0) is 12.3. The van der Waals surface area contributed by atoms with Gasteiger partial charge in [-0.05, 0) is 48.1 Å². The SMILES string of the molecule is CC(=O)NCCC1=CCCc2ccc(O)cc21. The van der Waals surface area contributed by atoms with Crippen molar-refractivity contribution in [3.05, 3.63) is 35.4 Å². The number of nitrogens with one attached hydrogen (secondary N) is 1. The molecule has 0 saturated heterocycles. The third-order valence-electron chi connectivity index (χ3n) is 3.01. The Balaban J connectivity index is 2.11. The molecule has 1 aliphatic rings. The molecule has 1 aromatic carbocycles. The molecule has 0 radical (unpaired) electrons. The largest absolute Gasteiger partial charge is 0.508 e. The summed E-state index contributed by atoms with van der Waals surface area (Å²) in [7, 11) is 0. The van der Waals surface area contributed by atoms with Crippen LogP contribution in [0.3, 0.4) is 0 Å². The van der Waals surface area contributed by atoms with Gasteiger partial charge in [-0.25, -0.2) is 0 Å². The lowest BCUT2D eigenvalue weighted by molar-refractivity contribution is -0.118. The van der Waals surface area contributed by atoms with Gasteiger partial charge in [0.1, 0.15) is 5.75 Å². The Kier molecular flexibility index (Phi) is 3.47. The van der Waals surface area contributed by atoms with Gasteiger partial charge in [0.2, 0.25) is 5.91 Å². The molecule has 3 nitrogen and oxygen atoms in total. The maximum atomic E-state index is 10.8. The van der Waals surface area contributed by atoms with E-state index in [4.69, 9.17) is 0 Å². The highest BCUT2D eigenvalue weighted by atomic mass is 16.3. The highest BCUT2D eigenvalue weighted by molar-refractivity contribution is 5.74. The molecule has 0 fully saturated rings. The summed E-state index contributed by atoms with van der Waals surface area (Å²) in [6.45, 7) is 2.17. The van der Waals surface area contributed by atoms with Gasteiger partial charge in [-0.15, -0.1) is 0 Å². The van der Waals surface area contributed by atoms with E-state index in [-0.39, 0.29) is 5.91 Å². The lowest BCUT2D eigenvalue weighted by atomic mass is 9.89. The maximum absolute atomic E-state index is 10.8. The summed E-state index contributed by atoms with van der Waals surface area (Å²) in [6, 6.07) is 5.53. The Morgan fingerprint density at radius 3 is 3.06 bits per heavy atom. The highest BCUT2D eigenvalue weighted by Gasteiger charge is 2.12. The number of amides is 1. The minimum atomic E-state index is -0.00228. The van der Waals surface area contributed by atoms with E-state index in [0.29, 0.717) is 12.3 Å². The van der Waals surface area contributed by atoms with Crippen molar-refractivity contribution in [3.63, 3.8) is 0 Å². The van der Waals surface area contributed by atoms with Crippen molar-refractivity contribution in [1.82, 2.24) is 5.32 Å². The fourth-order valence-electron chi connectivity index (χ4n) is 2.20. The van der Waals surface area contributed by atoms with E-state index in [1.807, 2.05) is 12.1 Å². The van der Waals surface area contributed by atoms with Gasteiger partial charge in [-0.3, -0.25) is 4.79 Å². The van der Waals surface area contributed by atoms with E-state index in [1.54, 1.807) is 6.07 Å². The van der Waals surface area contributed by atoms with Crippen LogP contribution < -0.4 is 5.32 Å². The number of carbonyl (C=O) groups is 1. The molecule has 0 aromatic heterocycles. The van der Waals surface area contributed by atoms with Gasteiger partial charge in [-0.2, -0.15) is 0 Å². The van der Waals surface area contributed by atoms with Gasteiger partial charge >= 0.3 is 0 Å². The van der Waals surface area contributed by atoms with Gasteiger partial charge < -0.3 is 10.4 Å². The quantitative estimate of drug-likeness (QED) is 0.838. The second-order valence-corrected chi connectivity index (χ2v) is 4.34. The smallest absolute Gasteiger partial charge is 0.216 e. The summed E-state index contributed by atoms with van der Waals surface area (Å²) in [5.74, 6) is 0.300. The van der Waals surface area contributed by atoms with E-state index < -0.39 is 0 Å². The average molecular weight is 231 g/mol. The van der Waals surface area contributed by atoms with E-state index in [0.717, 1.165) is 24.8 Å². The van der Waals surface area contributed by atoms with E-state index in [2.05, 4.69) is 11.4 Å². The summed E-state index contributed by atoms with van der Waals surface area (Å²) in [4.78, 5) is 10.8. The third-order valence-corrected chi connectivity index (χ3v) is 3.01. The fraction of sp³-hybridized carbons (Fsp3) is 0.357. The van der Waals surface area contributed by atoms with Crippen LogP contribution in [0, 0.1) is 0 Å². The molecular weight excluding hydrogens is 214 g/mol. The van der Waals surface area contributed by atoms with Gasteiger partial charge in [0.25, 0.3) is 0 Å². The Morgan fingerprint density at radius 2 is 2.29 bits per heavy atom. The number of allylic oxidation sites excluding steroid dienone is 1. The van der Waals surface area contributed by atoms with Crippen molar-refractivity contribution >= 4 is 11.5 Å². The zero-order valence-corrected chi connectivity index (χ0v) is 9.99. The molecule has 3 heteroatoms. The zero-order valence-electron chi connectivity index (χ0n) is 9.99. The molecule has 0 aliphatic heterocycles. The molecule has 0 heterocycles. The first-order valence-corrected chi connectivity index (χ1v) is 5.92. The number of hydrogen-bond donors (Lipinski definition) is 2. The highest BCUT2D eigenvalue weighted by Crippen LogP contribution is 2.30. The van der Waals surface area contributed by atoms with Crippen LogP contribution in [0.4, 0.5) is 0 Å². The molecule has 1 amide bonds. The molecule has 1 aromatic rings. The normalized spacial score (nSPS) is 13.8. The molecule has 0 bridgehead atoms. The first-order valence-electron chi connectivity index (χ1n) is 5.92. The Bertz CT molecular complexity index is 463. The molecular formula is C14H17NO2. The number of hydrogen-bond acceptors (Lipinski definition) is 2. The van der Waals surface area contributed by atoms with Crippen molar-refractivity contribution in [2.75, 3.05) is 6.54 Å². The summed E-state index contributed by atoms with van der Waals surface area (Å²) in [5, 5.41) is 12.3. The van der Waals surface area contributed by atoms with Gasteiger partial charge in [0.15, 0.2) is 0 Å². The van der Waals surface area contributed by atoms with Crippen LogP contribution in [0.25, 0.3) is 5.57 Å². The first-order chi connectivity index (χ1) is 8.16. The molecule has 0 spiro atoms. The van der Waals surface area contributed by atoms with Gasteiger partial charge in [-0.1, -0.05) is 12.1 Å². The molecule has 1 aliphatic carbocycles. The molecule has 90 valence electrons. The van der Waals surface area contributed by atoms with Crippen LogP contribution in [0.2, 0.25) is 0 Å². The van der Waals surface area contributed by atoms with Gasteiger partial charge in [0.05, 0.1) is 0 Å². The van der Waals surface area contributed by atoms with E-state index in [9.17, 15) is 9.90 Å². The summed E-state index contributed by atoms with van der Waals surface area (Å²) >= 11 is 0. The third kappa shape index (κ3) is 2.87. The number of aromatic hydroxyl groups is 1. The number of aryl methyl sites for hydroxylation is 1. The lowest BCUT2D eigenvalue weighted by Gasteiger charge is -2.18. The summed E-state index contributed by atoms with van der Waals surface area (Å²) < 4.78 is 0. The standard InChI is InChI=1S/C14H17NO2/c1-10(16)15-8-7-12-4-2-3-11-5-6-13(17)9-14(11)12/h4-6,9,17H,2-3,7-8H2,1H3,(H,15,16). The van der Waals surface area contributed by atoms with Crippen molar-refractivity contribution < 1.29 is 9.90 Å². The fourth-order valence-corrected chi connectivity index (χ4v) is 2.20. The molecule has 17 heavy (non-hydrogen) atoms. The number of phenolic OH excluding ortho intramolecular Hbond substituents is 1. The van der Waals surface area contributed by atoms with Crippen LogP contribution >= 0.6 is 0 Å². The minimum absolute atomic E-state index is 0.00228. The summed E-state index contributed by atoms with van der Waals surface area (Å²) in [5.41, 5.74) is 3.63. The second-order valence-electron chi connectivity index (χ2n) is 4.34. The predicted molar refractivity (Wildman–Crippen MR) is 67.7 cm³/mol. The molecule has 2 rings (SSSR count). The van der Waals surface area contributed by atoms with Crippen LogP contribution in [-0.4, -0.2) is 17.6 Å². The van der Waals surface area contributed by atoms with Crippen LogP contribution in [0.5, 0.6) is 5.75 Å². The van der Waals surface area contributed by atoms with Crippen molar-refractivity contribution in [3.8, 4) is 5.75 Å². The molecule has 0 saturated carbocycles. The van der Waals surface area contributed by atoms with Crippen molar-refractivity contribution in [2.24, 2.45) is 0 Å². The van der Waals surface area contributed by atoms with Crippen molar-refractivity contribution in [1.29, 1.82) is 0 Å². The van der Waals surface area contributed by atoms with Crippen molar-refractivity contribution in [2.45, 2.75) is 26.2 Å². The van der Waals surface area contributed by atoms with E-state index in [1.165, 1.54) is 18.1 Å². The summed E-state index contributed by atoms with van der Waals surface area (Å²) in [6.07, 6.45) is 5.08. The number of rotatable bonds is 3. The Labute approximate surface area is 101 Å². The lowest BCUT2D eigenvalue weighted by Crippen LogP contribution is -2.21. The van der Waals surface area contributed by atoms with Crippen LogP contribution in [-0.2, 0) is 11.2 Å². The Morgan fingerprint density at radius 1 is 1.47 bits per heavy atom. The Hall–Kier alpha value is -1.77. The first kappa shape index (κ1) is 11.7. The predicted octanol–water partition coefficient (Wildman–Crippen LogP) is 2.25. The molecule has 2 N–H and O–H groups in total. The number of benzene rings is 1. The molecule has 0 atom stereocenters. The van der Waals surface area contributed by atoms with Crippen LogP contribution in [0.1, 0.15) is 30.9 Å².